The predicted molar refractivity (Wildman–Crippen MR) is 72.1 cm³/mol. The van der Waals surface area contributed by atoms with Crippen molar-refractivity contribution in [1.82, 2.24) is 5.32 Å². The molecule has 20 heavy (non-hydrogen) atoms. The summed E-state index contributed by atoms with van der Waals surface area (Å²) in [5, 5.41) is 11.6. The first-order valence-corrected chi connectivity index (χ1v) is 6.33. The van der Waals surface area contributed by atoms with Crippen molar-refractivity contribution >= 4 is 17.8 Å². The van der Waals surface area contributed by atoms with Crippen LogP contribution >= 0.6 is 0 Å². The molecule has 0 saturated heterocycles. The van der Waals surface area contributed by atoms with Gasteiger partial charge in [-0.25, -0.2) is 0 Å². The molecule has 0 rings (SSSR count). The second-order valence-electron chi connectivity index (χ2n) is 5.42. The molecule has 0 aliphatic rings. The Kier molecular flexibility index (Phi) is 7.20. The molecule has 4 N–H and O–H groups in total. The van der Waals surface area contributed by atoms with Crippen LogP contribution in [0.1, 0.15) is 33.6 Å². The lowest BCUT2D eigenvalue weighted by atomic mass is 9.88. The second-order valence-corrected chi connectivity index (χ2v) is 5.42. The van der Waals surface area contributed by atoms with E-state index in [-0.39, 0.29) is 19.4 Å². The van der Waals surface area contributed by atoms with E-state index >= 15 is 0 Å². The molecule has 7 heteroatoms. The number of rotatable bonds is 8. The molecule has 0 aliphatic carbocycles. The summed E-state index contributed by atoms with van der Waals surface area (Å²) < 4.78 is 5.06. The molecule has 0 aromatic heterocycles. The number of hydrogen-bond donors (Lipinski definition) is 3. The van der Waals surface area contributed by atoms with Crippen molar-refractivity contribution in [2.45, 2.75) is 45.8 Å². The number of amides is 2. The van der Waals surface area contributed by atoms with Gasteiger partial charge in [-0.2, -0.15) is 0 Å². The van der Waals surface area contributed by atoms with Crippen LogP contribution in [0.2, 0.25) is 0 Å². The first kappa shape index (κ1) is 18.4. The highest BCUT2D eigenvalue weighted by atomic mass is 16.5. The number of carbonyl (C=O) groups excluding carboxylic acids is 3. The fraction of sp³-hybridized carbons (Fsp3) is 0.692. The maximum Gasteiger partial charge on any atom is 0.309 e. The Hall–Kier alpha value is -1.63. The minimum absolute atomic E-state index is 0.00233. The SMILES string of the molecule is [CH2]C(C)(C)[C@@H](OC(=O)C[C@@H](C)O)C(=O)NCCC(N)=O. The van der Waals surface area contributed by atoms with E-state index in [0.29, 0.717) is 0 Å². The quantitative estimate of drug-likeness (QED) is 0.521. The number of nitrogens with one attached hydrogen (secondary N) is 1. The fourth-order valence-corrected chi connectivity index (χ4v) is 1.39. The lowest BCUT2D eigenvalue weighted by Gasteiger charge is -2.29. The third-order valence-corrected chi connectivity index (χ3v) is 2.33. The van der Waals surface area contributed by atoms with Gasteiger partial charge in [-0.05, 0) is 13.8 Å². The van der Waals surface area contributed by atoms with E-state index in [1.165, 1.54) is 6.92 Å². The van der Waals surface area contributed by atoms with Crippen molar-refractivity contribution in [2.75, 3.05) is 6.54 Å². The van der Waals surface area contributed by atoms with Gasteiger partial charge >= 0.3 is 5.97 Å². The molecule has 2 atom stereocenters. The highest BCUT2D eigenvalue weighted by Gasteiger charge is 2.35. The van der Waals surface area contributed by atoms with Gasteiger partial charge in [0, 0.05) is 18.4 Å². The van der Waals surface area contributed by atoms with Gasteiger partial charge in [-0.3, -0.25) is 14.4 Å². The van der Waals surface area contributed by atoms with E-state index in [1.807, 2.05) is 0 Å². The standard InChI is InChI=1S/C13H23N2O5/c1-8(16)7-10(18)20-11(13(2,3)4)12(19)15-6-5-9(14)17/h8,11,16H,2,5-7H2,1,3-4H3,(H2,14,17)(H,15,19)/t8-,11+/m1/s1. The molecule has 0 heterocycles. The van der Waals surface area contributed by atoms with Crippen molar-refractivity contribution in [1.29, 1.82) is 0 Å². The van der Waals surface area contributed by atoms with Crippen LogP contribution in [0.15, 0.2) is 0 Å². The summed E-state index contributed by atoms with van der Waals surface area (Å²) in [5.74, 6) is -1.78. The topological polar surface area (TPSA) is 119 Å². The van der Waals surface area contributed by atoms with E-state index in [0.717, 1.165) is 0 Å². The average Bonchev–Trinajstić information content (AvgIpc) is 2.22. The fourth-order valence-electron chi connectivity index (χ4n) is 1.39. The number of carbonyl (C=O) groups is 3. The number of nitrogens with two attached hydrogens (primary N) is 1. The summed E-state index contributed by atoms with van der Waals surface area (Å²) in [6, 6.07) is 0. The lowest BCUT2D eigenvalue weighted by molar-refractivity contribution is -0.163. The highest BCUT2D eigenvalue weighted by molar-refractivity contribution is 5.85. The maximum absolute atomic E-state index is 11.9. The van der Waals surface area contributed by atoms with Crippen molar-refractivity contribution in [3.8, 4) is 0 Å². The van der Waals surface area contributed by atoms with Gasteiger partial charge in [0.15, 0.2) is 6.10 Å². The summed E-state index contributed by atoms with van der Waals surface area (Å²) >= 11 is 0. The molecular formula is C13H23N2O5. The number of aliphatic hydroxyl groups excluding tert-OH is 1. The van der Waals surface area contributed by atoms with Gasteiger partial charge in [0.25, 0.3) is 5.91 Å². The van der Waals surface area contributed by atoms with Crippen molar-refractivity contribution in [2.24, 2.45) is 11.1 Å². The normalized spacial score (nSPS) is 14.2. The molecule has 0 aromatic rings. The van der Waals surface area contributed by atoms with E-state index in [1.54, 1.807) is 13.8 Å². The smallest absolute Gasteiger partial charge is 0.309 e. The van der Waals surface area contributed by atoms with Gasteiger partial charge < -0.3 is 20.9 Å². The first-order chi connectivity index (χ1) is 9.04. The highest BCUT2D eigenvalue weighted by Crippen LogP contribution is 2.22. The van der Waals surface area contributed by atoms with Crippen LogP contribution in [0, 0.1) is 12.3 Å². The zero-order valence-electron chi connectivity index (χ0n) is 12.1. The summed E-state index contributed by atoms with van der Waals surface area (Å²) in [7, 11) is 0. The minimum Gasteiger partial charge on any atom is -0.452 e. The number of esters is 1. The molecule has 7 nitrogen and oxygen atoms in total. The van der Waals surface area contributed by atoms with E-state index in [2.05, 4.69) is 12.2 Å². The van der Waals surface area contributed by atoms with Crippen LogP contribution in [-0.4, -0.2) is 41.6 Å². The van der Waals surface area contributed by atoms with Crippen LogP contribution in [0.25, 0.3) is 0 Å². The Bertz CT molecular complexity index is 360. The van der Waals surface area contributed by atoms with Crippen LogP contribution in [-0.2, 0) is 19.1 Å². The Balaban J connectivity index is 4.60. The molecule has 0 unspecified atom stereocenters. The number of ether oxygens (including phenoxy) is 1. The second kappa shape index (κ2) is 7.84. The predicted octanol–water partition coefficient (Wildman–Crippen LogP) is -0.479. The maximum atomic E-state index is 11.9. The Morgan fingerprint density at radius 2 is 1.95 bits per heavy atom. The molecule has 2 amide bonds. The van der Waals surface area contributed by atoms with Crippen molar-refractivity contribution in [3.63, 3.8) is 0 Å². The van der Waals surface area contributed by atoms with Gasteiger partial charge in [-0.1, -0.05) is 13.8 Å². The lowest BCUT2D eigenvalue weighted by Crippen LogP contribution is -2.46. The molecule has 1 radical (unpaired) electrons. The van der Waals surface area contributed by atoms with E-state index < -0.39 is 35.4 Å². The van der Waals surface area contributed by atoms with Gasteiger partial charge in [0.05, 0.1) is 12.5 Å². The van der Waals surface area contributed by atoms with Crippen LogP contribution < -0.4 is 11.1 Å². The van der Waals surface area contributed by atoms with E-state index in [4.69, 9.17) is 15.6 Å². The van der Waals surface area contributed by atoms with E-state index in [9.17, 15) is 14.4 Å². The summed E-state index contributed by atoms with van der Waals surface area (Å²) in [5.41, 5.74) is 4.10. The summed E-state index contributed by atoms with van der Waals surface area (Å²) in [6.45, 7) is 8.56. The van der Waals surface area contributed by atoms with Crippen LogP contribution in [0.3, 0.4) is 0 Å². The summed E-state index contributed by atoms with van der Waals surface area (Å²) in [6.07, 6.45) is -2.17. The van der Waals surface area contributed by atoms with Gasteiger partial charge in [-0.15, -0.1) is 0 Å². The number of primary amides is 1. The largest absolute Gasteiger partial charge is 0.452 e. The Morgan fingerprint density at radius 1 is 1.40 bits per heavy atom. The number of hydrogen-bond acceptors (Lipinski definition) is 5. The van der Waals surface area contributed by atoms with Crippen molar-refractivity contribution < 1.29 is 24.2 Å². The third kappa shape index (κ3) is 7.73. The molecule has 0 saturated carbocycles. The third-order valence-electron chi connectivity index (χ3n) is 2.33. The minimum atomic E-state index is -1.11. The van der Waals surface area contributed by atoms with Crippen LogP contribution in [0.5, 0.6) is 0 Å². The van der Waals surface area contributed by atoms with Crippen LogP contribution in [0.4, 0.5) is 0 Å². The van der Waals surface area contributed by atoms with Gasteiger partial charge in [0.2, 0.25) is 5.91 Å². The molecule has 0 aromatic carbocycles. The Labute approximate surface area is 118 Å². The molecule has 115 valence electrons. The zero-order valence-corrected chi connectivity index (χ0v) is 12.1. The zero-order chi connectivity index (χ0) is 15.9. The molecule has 0 spiro atoms. The molecule has 0 bridgehead atoms. The monoisotopic (exact) mass is 287 g/mol. The molecular weight excluding hydrogens is 264 g/mol. The Morgan fingerprint density at radius 3 is 2.35 bits per heavy atom. The molecule has 0 aliphatic heterocycles. The first-order valence-electron chi connectivity index (χ1n) is 6.33. The number of aliphatic hydroxyl groups is 1. The summed E-state index contributed by atoms with van der Waals surface area (Å²) in [4.78, 5) is 34.1. The van der Waals surface area contributed by atoms with Gasteiger partial charge in [0.1, 0.15) is 0 Å². The van der Waals surface area contributed by atoms with Crippen molar-refractivity contribution in [3.05, 3.63) is 6.92 Å². The average molecular weight is 287 g/mol. The molecule has 0 fully saturated rings.